The first kappa shape index (κ1) is 14.9. The fraction of sp³-hybridized carbons (Fsp3) is 0.250. The van der Waals surface area contributed by atoms with Crippen molar-refractivity contribution in [3.8, 4) is 11.3 Å². The number of rotatable bonds is 3. The minimum absolute atomic E-state index is 0.379. The lowest BCUT2D eigenvalue weighted by atomic mass is 10.0. The number of nitrogens with zero attached hydrogens (tertiary/aromatic N) is 1. The second-order valence-electron chi connectivity index (χ2n) is 5.40. The van der Waals surface area contributed by atoms with Crippen LogP contribution in [0.4, 0.5) is 14.5 Å². The number of aromatic nitrogens is 1. The van der Waals surface area contributed by atoms with Crippen LogP contribution in [0.15, 0.2) is 36.5 Å². The number of aryl methyl sites for hydroxylation is 1. The van der Waals surface area contributed by atoms with E-state index < -0.39 is 17.7 Å². The number of alkyl halides is 2. The zero-order valence-corrected chi connectivity index (χ0v) is 12.5. The summed E-state index contributed by atoms with van der Waals surface area (Å²) in [6.07, 6.45) is 1.16. The second-order valence-corrected chi connectivity index (χ2v) is 5.83. The van der Waals surface area contributed by atoms with E-state index in [2.05, 4.69) is 10.3 Å². The highest BCUT2D eigenvalue weighted by Crippen LogP contribution is 2.49. The summed E-state index contributed by atoms with van der Waals surface area (Å²) in [6, 6.07) is 8.72. The summed E-state index contributed by atoms with van der Waals surface area (Å²) < 4.78 is 25.8. The maximum Gasteiger partial charge on any atom is 0.260 e. The van der Waals surface area contributed by atoms with Crippen molar-refractivity contribution in [3.05, 3.63) is 47.1 Å². The molecule has 0 spiro atoms. The van der Waals surface area contributed by atoms with Crippen LogP contribution in [0.3, 0.4) is 0 Å². The quantitative estimate of drug-likeness (QED) is 0.915. The molecule has 0 bridgehead atoms. The standard InChI is InChI=1S/C16H13ClF2N2O/c1-9-2-4-11(21-15(22)13-7-16(13,18)19)6-12(9)14-5-3-10(17)8-20-14/h2-6,8,13H,7H2,1H3,(H,21,22)/t13-/m0/s1. The molecule has 0 radical (unpaired) electrons. The molecule has 1 N–H and O–H groups in total. The molecular formula is C16H13ClF2N2O. The van der Waals surface area contributed by atoms with Gasteiger partial charge in [0.25, 0.3) is 5.92 Å². The van der Waals surface area contributed by atoms with Gasteiger partial charge in [-0.1, -0.05) is 17.7 Å². The predicted molar refractivity (Wildman–Crippen MR) is 81.1 cm³/mol. The topological polar surface area (TPSA) is 42.0 Å². The van der Waals surface area contributed by atoms with E-state index >= 15 is 0 Å². The van der Waals surface area contributed by atoms with Crippen molar-refractivity contribution in [1.29, 1.82) is 0 Å². The molecule has 6 heteroatoms. The number of carbonyl (C=O) groups is 1. The van der Waals surface area contributed by atoms with E-state index in [9.17, 15) is 13.6 Å². The monoisotopic (exact) mass is 322 g/mol. The van der Waals surface area contributed by atoms with E-state index in [-0.39, 0.29) is 6.42 Å². The molecule has 1 aromatic carbocycles. The molecule has 3 nitrogen and oxygen atoms in total. The first-order chi connectivity index (χ1) is 10.4. The number of amides is 1. The van der Waals surface area contributed by atoms with Crippen molar-refractivity contribution < 1.29 is 13.6 Å². The Labute approximate surface area is 131 Å². The lowest BCUT2D eigenvalue weighted by molar-refractivity contribution is -0.119. The van der Waals surface area contributed by atoms with Crippen LogP contribution < -0.4 is 5.32 Å². The van der Waals surface area contributed by atoms with E-state index in [1.54, 1.807) is 24.3 Å². The van der Waals surface area contributed by atoms with Crippen molar-refractivity contribution in [2.45, 2.75) is 19.3 Å². The van der Waals surface area contributed by atoms with Gasteiger partial charge in [-0.3, -0.25) is 9.78 Å². The number of benzene rings is 1. The van der Waals surface area contributed by atoms with Crippen LogP contribution in [-0.4, -0.2) is 16.8 Å². The highest BCUT2D eigenvalue weighted by atomic mass is 35.5. The van der Waals surface area contributed by atoms with Crippen molar-refractivity contribution in [2.24, 2.45) is 5.92 Å². The van der Waals surface area contributed by atoms with E-state index in [4.69, 9.17) is 11.6 Å². The smallest absolute Gasteiger partial charge is 0.260 e. The second kappa shape index (κ2) is 5.32. The Balaban J connectivity index is 1.84. The van der Waals surface area contributed by atoms with E-state index in [1.807, 2.05) is 13.0 Å². The Morgan fingerprint density at radius 2 is 2.09 bits per heavy atom. The predicted octanol–water partition coefficient (Wildman–Crippen LogP) is 4.30. The van der Waals surface area contributed by atoms with Gasteiger partial charge >= 0.3 is 0 Å². The fourth-order valence-corrected chi connectivity index (χ4v) is 2.35. The van der Waals surface area contributed by atoms with Crippen molar-refractivity contribution in [2.75, 3.05) is 5.32 Å². The fourth-order valence-electron chi connectivity index (χ4n) is 2.24. The molecule has 1 saturated carbocycles. The Hall–Kier alpha value is -2.01. The Kier molecular flexibility index (Phi) is 3.60. The lowest BCUT2D eigenvalue weighted by Crippen LogP contribution is -2.17. The summed E-state index contributed by atoms with van der Waals surface area (Å²) in [4.78, 5) is 16.0. The Morgan fingerprint density at radius 1 is 1.36 bits per heavy atom. The molecule has 1 aliphatic carbocycles. The highest BCUT2D eigenvalue weighted by Gasteiger charge is 2.61. The number of nitrogens with one attached hydrogen (secondary N) is 1. The number of halogens is 3. The van der Waals surface area contributed by atoms with Gasteiger partial charge in [0.1, 0.15) is 5.92 Å². The Bertz CT molecular complexity index is 731. The first-order valence-corrected chi connectivity index (χ1v) is 7.16. The van der Waals surface area contributed by atoms with E-state index in [1.165, 1.54) is 6.20 Å². The Morgan fingerprint density at radius 3 is 2.68 bits per heavy atom. The third-order valence-corrected chi connectivity index (χ3v) is 3.87. The largest absolute Gasteiger partial charge is 0.326 e. The molecule has 0 aliphatic heterocycles. The third kappa shape index (κ3) is 2.95. The minimum atomic E-state index is -2.87. The van der Waals surface area contributed by atoms with Gasteiger partial charge in [0, 0.05) is 23.9 Å². The molecule has 1 heterocycles. The van der Waals surface area contributed by atoms with Crippen LogP contribution in [0.2, 0.25) is 5.02 Å². The van der Waals surface area contributed by atoms with Crippen molar-refractivity contribution in [1.82, 2.24) is 4.98 Å². The summed E-state index contributed by atoms with van der Waals surface area (Å²) in [5.41, 5.74) is 2.96. The molecular weight excluding hydrogens is 310 g/mol. The SMILES string of the molecule is Cc1ccc(NC(=O)[C@@H]2CC2(F)F)cc1-c1ccc(Cl)cn1. The van der Waals surface area contributed by atoms with Crippen LogP contribution in [0.5, 0.6) is 0 Å². The highest BCUT2D eigenvalue weighted by molar-refractivity contribution is 6.30. The normalized spacial score (nSPS) is 18.8. The van der Waals surface area contributed by atoms with Gasteiger partial charge in [-0.2, -0.15) is 0 Å². The van der Waals surface area contributed by atoms with Gasteiger partial charge in [0.05, 0.1) is 10.7 Å². The van der Waals surface area contributed by atoms with E-state index in [0.29, 0.717) is 16.4 Å². The molecule has 1 aliphatic rings. The van der Waals surface area contributed by atoms with Crippen LogP contribution in [0, 0.1) is 12.8 Å². The molecule has 22 heavy (non-hydrogen) atoms. The number of anilines is 1. The molecule has 1 atom stereocenters. The van der Waals surface area contributed by atoms with E-state index in [0.717, 1.165) is 11.1 Å². The maximum absolute atomic E-state index is 12.9. The van der Waals surface area contributed by atoms with Gasteiger partial charge in [-0.25, -0.2) is 8.78 Å². The molecule has 0 saturated heterocycles. The van der Waals surface area contributed by atoms with Crippen LogP contribution in [0.25, 0.3) is 11.3 Å². The third-order valence-electron chi connectivity index (χ3n) is 3.65. The van der Waals surface area contributed by atoms with Gasteiger partial charge in [-0.05, 0) is 36.8 Å². The summed E-state index contributed by atoms with van der Waals surface area (Å²) in [5, 5.41) is 3.06. The van der Waals surface area contributed by atoms with Crippen LogP contribution in [-0.2, 0) is 4.79 Å². The van der Waals surface area contributed by atoms with Gasteiger partial charge in [0.15, 0.2) is 0 Å². The van der Waals surface area contributed by atoms with Crippen molar-refractivity contribution >= 4 is 23.2 Å². The first-order valence-electron chi connectivity index (χ1n) is 6.78. The summed E-state index contributed by atoms with van der Waals surface area (Å²) in [7, 11) is 0. The molecule has 0 unspecified atom stereocenters. The maximum atomic E-state index is 12.9. The summed E-state index contributed by atoms with van der Waals surface area (Å²) >= 11 is 5.82. The average molecular weight is 323 g/mol. The number of pyridine rings is 1. The summed E-state index contributed by atoms with van der Waals surface area (Å²) in [5.74, 6) is -4.73. The number of hydrogen-bond donors (Lipinski definition) is 1. The van der Waals surface area contributed by atoms with Gasteiger partial charge in [0.2, 0.25) is 5.91 Å². The molecule has 3 rings (SSSR count). The van der Waals surface area contributed by atoms with Crippen LogP contribution in [0.1, 0.15) is 12.0 Å². The number of carbonyl (C=O) groups excluding carboxylic acids is 1. The molecule has 1 amide bonds. The summed E-state index contributed by atoms with van der Waals surface area (Å²) in [6.45, 7) is 1.91. The van der Waals surface area contributed by atoms with Gasteiger partial charge in [-0.15, -0.1) is 0 Å². The van der Waals surface area contributed by atoms with Gasteiger partial charge < -0.3 is 5.32 Å². The molecule has 1 fully saturated rings. The average Bonchev–Trinajstić information content (AvgIpc) is 3.11. The molecule has 1 aromatic heterocycles. The van der Waals surface area contributed by atoms with Crippen molar-refractivity contribution in [3.63, 3.8) is 0 Å². The zero-order valence-electron chi connectivity index (χ0n) is 11.7. The minimum Gasteiger partial charge on any atom is -0.326 e. The van der Waals surface area contributed by atoms with Crippen LogP contribution >= 0.6 is 11.6 Å². The lowest BCUT2D eigenvalue weighted by Gasteiger charge is -2.10. The zero-order chi connectivity index (χ0) is 15.9. The molecule has 2 aromatic rings. The number of hydrogen-bond acceptors (Lipinski definition) is 2. The molecule has 114 valence electrons.